The number of halogens is 3. The van der Waals surface area contributed by atoms with Crippen molar-refractivity contribution in [2.75, 3.05) is 6.54 Å². The van der Waals surface area contributed by atoms with Gasteiger partial charge in [0, 0.05) is 22.4 Å². The molecule has 2 rings (SSSR count). The fraction of sp³-hybridized carbons (Fsp3) is 0.231. The van der Waals surface area contributed by atoms with Gasteiger partial charge in [-0.2, -0.15) is 4.31 Å². The van der Waals surface area contributed by atoms with Crippen LogP contribution in [0.5, 0.6) is 0 Å². The SMILES string of the molecule is CCN(Cc1ccc(Br)s1)S(=O)(=O)c1ccc(Br)cc1Cl. The molecule has 0 radical (unpaired) electrons. The summed E-state index contributed by atoms with van der Waals surface area (Å²) in [5.74, 6) is 0. The van der Waals surface area contributed by atoms with E-state index in [0.717, 1.165) is 13.1 Å². The highest BCUT2D eigenvalue weighted by atomic mass is 79.9. The third-order valence-electron chi connectivity index (χ3n) is 2.83. The van der Waals surface area contributed by atoms with Gasteiger partial charge in [-0.3, -0.25) is 0 Å². The van der Waals surface area contributed by atoms with E-state index in [1.54, 1.807) is 12.1 Å². The van der Waals surface area contributed by atoms with Gasteiger partial charge in [0.25, 0.3) is 0 Å². The van der Waals surface area contributed by atoms with E-state index in [2.05, 4.69) is 31.9 Å². The Bertz CT molecular complexity index is 746. The summed E-state index contributed by atoms with van der Waals surface area (Å²) < 4.78 is 28.6. The molecule has 2 aromatic rings. The molecule has 3 nitrogen and oxygen atoms in total. The second-order valence-electron chi connectivity index (χ2n) is 4.21. The summed E-state index contributed by atoms with van der Waals surface area (Å²) in [6.45, 7) is 2.53. The molecule has 0 bridgehead atoms. The molecule has 0 saturated heterocycles. The van der Waals surface area contributed by atoms with Crippen molar-refractivity contribution in [3.05, 3.63) is 48.5 Å². The first-order chi connectivity index (χ1) is 9.84. The van der Waals surface area contributed by atoms with Gasteiger partial charge in [0.2, 0.25) is 10.0 Å². The highest BCUT2D eigenvalue weighted by Gasteiger charge is 2.26. The third-order valence-corrected chi connectivity index (χ3v) is 7.33. The van der Waals surface area contributed by atoms with Crippen LogP contribution in [0, 0.1) is 0 Å². The Kier molecular flexibility index (Phi) is 5.90. The maximum atomic E-state index is 12.7. The Hall–Kier alpha value is 0.0800. The summed E-state index contributed by atoms with van der Waals surface area (Å²) in [6, 6.07) is 8.61. The number of sulfonamides is 1. The van der Waals surface area contributed by atoms with Crippen LogP contribution in [0.1, 0.15) is 11.8 Å². The van der Waals surface area contributed by atoms with E-state index in [9.17, 15) is 8.42 Å². The van der Waals surface area contributed by atoms with E-state index < -0.39 is 10.0 Å². The molecule has 0 aliphatic heterocycles. The zero-order chi connectivity index (χ0) is 15.6. The van der Waals surface area contributed by atoms with Crippen LogP contribution in [-0.2, 0) is 16.6 Å². The van der Waals surface area contributed by atoms with Gasteiger partial charge in [0.1, 0.15) is 4.90 Å². The largest absolute Gasteiger partial charge is 0.244 e. The van der Waals surface area contributed by atoms with Crippen molar-refractivity contribution in [3.63, 3.8) is 0 Å². The van der Waals surface area contributed by atoms with Crippen LogP contribution >= 0.6 is 54.8 Å². The fourth-order valence-electron chi connectivity index (χ4n) is 1.80. The number of nitrogens with zero attached hydrogens (tertiary/aromatic N) is 1. The van der Waals surface area contributed by atoms with Crippen LogP contribution in [-0.4, -0.2) is 19.3 Å². The van der Waals surface area contributed by atoms with E-state index in [4.69, 9.17) is 11.6 Å². The quantitative estimate of drug-likeness (QED) is 0.603. The second kappa shape index (κ2) is 7.10. The molecule has 1 heterocycles. The molecule has 1 aromatic carbocycles. The number of hydrogen-bond acceptors (Lipinski definition) is 3. The van der Waals surface area contributed by atoms with E-state index >= 15 is 0 Å². The van der Waals surface area contributed by atoms with Gasteiger partial charge in [-0.05, 0) is 46.3 Å². The normalized spacial score (nSPS) is 12.0. The minimum absolute atomic E-state index is 0.129. The number of rotatable bonds is 5. The van der Waals surface area contributed by atoms with Crippen LogP contribution in [0.25, 0.3) is 0 Å². The molecular weight excluding hydrogens is 462 g/mol. The number of thiophene rings is 1. The molecule has 0 aliphatic rings. The molecule has 0 aliphatic carbocycles. The van der Waals surface area contributed by atoms with Crippen LogP contribution in [0.4, 0.5) is 0 Å². The molecule has 0 spiro atoms. The smallest absolute Gasteiger partial charge is 0.207 e. The summed E-state index contributed by atoms with van der Waals surface area (Å²) in [5, 5.41) is 0.218. The fourth-order valence-corrected chi connectivity index (χ4v) is 5.82. The lowest BCUT2D eigenvalue weighted by Crippen LogP contribution is -2.30. The first kappa shape index (κ1) is 17.4. The van der Waals surface area contributed by atoms with Crippen molar-refractivity contribution >= 4 is 64.8 Å². The van der Waals surface area contributed by atoms with Gasteiger partial charge in [0.05, 0.1) is 8.81 Å². The van der Waals surface area contributed by atoms with Crippen molar-refractivity contribution in [1.29, 1.82) is 0 Å². The molecule has 0 atom stereocenters. The predicted molar refractivity (Wildman–Crippen MR) is 94.4 cm³/mol. The molecule has 8 heteroatoms. The lowest BCUT2D eigenvalue weighted by atomic mass is 10.4. The Labute approximate surface area is 150 Å². The minimum Gasteiger partial charge on any atom is -0.207 e. The molecule has 0 fully saturated rings. The van der Waals surface area contributed by atoms with Gasteiger partial charge >= 0.3 is 0 Å². The standard InChI is InChI=1S/C13H12Br2ClNO2S2/c1-2-17(8-10-4-6-13(15)20-10)21(18,19)12-5-3-9(14)7-11(12)16/h3-7H,2,8H2,1H3. The zero-order valence-corrected chi connectivity index (χ0v) is 16.6. The molecule has 1 aromatic heterocycles. The van der Waals surface area contributed by atoms with Gasteiger partial charge in [-0.25, -0.2) is 8.42 Å². The van der Waals surface area contributed by atoms with E-state index in [1.165, 1.54) is 21.7 Å². The van der Waals surface area contributed by atoms with Gasteiger partial charge < -0.3 is 0 Å². The first-order valence-electron chi connectivity index (χ1n) is 6.04. The van der Waals surface area contributed by atoms with Crippen molar-refractivity contribution < 1.29 is 8.42 Å². The Morgan fingerprint density at radius 3 is 2.48 bits per heavy atom. The average molecular weight is 474 g/mol. The minimum atomic E-state index is -3.62. The maximum absolute atomic E-state index is 12.7. The highest BCUT2D eigenvalue weighted by Crippen LogP contribution is 2.30. The Morgan fingerprint density at radius 1 is 1.24 bits per heavy atom. The lowest BCUT2D eigenvalue weighted by Gasteiger charge is -2.20. The summed E-state index contributed by atoms with van der Waals surface area (Å²) in [5.41, 5.74) is 0. The molecule has 0 N–H and O–H groups in total. The van der Waals surface area contributed by atoms with Crippen LogP contribution in [0.3, 0.4) is 0 Å². The first-order valence-corrected chi connectivity index (χ1v) is 10.3. The van der Waals surface area contributed by atoms with Crippen molar-refractivity contribution in [2.45, 2.75) is 18.4 Å². The molecule has 0 saturated carbocycles. The summed E-state index contributed by atoms with van der Waals surface area (Å²) in [7, 11) is -3.62. The van der Waals surface area contributed by atoms with Crippen LogP contribution < -0.4 is 0 Å². The van der Waals surface area contributed by atoms with Crippen LogP contribution in [0.15, 0.2) is 43.5 Å². The van der Waals surface area contributed by atoms with Crippen molar-refractivity contribution in [2.24, 2.45) is 0 Å². The van der Waals surface area contributed by atoms with Crippen molar-refractivity contribution in [3.8, 4) is 0 Å². The number of hydrogen-bond donors (Lipinski definition) is 0. The Morgan fingerprint density at radius 2 is 1.95 bits per heavy atom. The zero-order valence-electron chi connectivity index (χ0n) is 11.0. The van der Waals surface area contributed by atoms with Gasteiger partial charge in [-0.1, -0.05) is 34.5 Å². The van der Waals surface area contributed by atoms with E-state index in [1.807, 2.05) is 19.1 Å². The van der Waals surface area contributed by atoms with Crippen LogP contribution in [0.2, 0.25) is 5.02 Å². The van der Waals surface area contributed by atoms with Gasteiger partial charge in [-0.15, -0.1) is 11.3 Å². The molecule has 114 valence electrons. The summed E-state index contributed by atoms with van der Waals surface area (Å²) in [6.07, 6.45) is 0. The Balaban J connectivity index is 2.35. The predicted octanol–water partition coefficient (Wildman–Crippen LogP) is 5.14. The lowest BCUT2D eigenvalue weighted by molar-refractivity contribution is 0.426. The average Bonchev–Trinajstić information content (AvgIpc) is 2.80. The molecular formula is C13H12Br2ClNO2S2. The molecule has 0 amide bonds. The maximum Gasteiger partial charge on any atom is 0.244 e. The molecule has 0 unspecified atom stereocenters. The number of benzene rings is 1. The molecule has 21 heavy (non-hydrogen) atoms. The third kappa shape index (κ3) is 4.09. The highest BCUT2D eigenvalue weighted by molar-refractivity contribution is 9.11. The summed E-state index contributed by atoms with van der Waals surface area (Å²) >= 11 is 14.3. The van der Waals surface area contributed by atoms with Gasteiger partial charge in [0.15, 0.2) is 0 Å². The topological polar surface area (TPSA) is 37.4 Å². The monoisotopic (exact) mass is 471 g/mol. The summed E-state index contributed by atoms with van der Waals surface area (Å²) in [4.78, 5) is 1.10. The second-order valence-corrected chi connectivity index (χ2v) is 9.99. The van der Waals surface area contributed by atoms with E-state index in [0.29, 0.717) is 13.1 Å². The van der Waals surface area contributed by atoms with E-state index in [-0.39, 0.29) is 9.92 Å². The van der Waals surface area contributed by atoms with Crippen molar-refractivity contribution in [1.82, 2.24) is 4.31 Å².